The molecule has 1 N–H and O–H groups in total. The number of anilines is 1. The number of sulfonamides is 1. The lowest BCUT2D eigenvalue weighted by Crippen LogP contribution is -2.32. The first kappa shape index (κ1) is 21.8. The Morgan fingerprint density at radius 1 is 1.07 bits per heavy atom. The molecule has 2 aromatic rings. The van der Waals surface area contributed by atoms with Crippen molar-refractivity contribution >= 4 is 21.6 Å². The molecule has 1 atom stereocenters. The molecule has 2 rings (SSSR count). The van der Waals surface area contributed by atoms with E-state index in [9.17, 15) is 13.2 Å². The molecule has 0 spiro atoms. The lowest BCUT2D eigenvalue weighted by atomic mass is 10.1. The van der Waals surface area contributed by atoms with Gasteiger partial charge in [0.05, 0.1) is 25.1 Å². The second kappa shape index (κ2) is 9.59. The van der Waals surface area contributed by atoms with Crippen molar-refractivity contribution in [3.8, 4) is 5.75 Å². The molecule has 0 heterocycles. The van der Waals surface area contributed by atoms with E-state index in [4.69, 9.17) is 4.74 Å². The van der Waals surface area contributed by atoms with Crippen molar-refractivity contribution in [3.05, 3.63) is 59.7 Å². The molecule has 0 radical (unpaired) electrons. The number of nitrogens with zero attached hydrogens (tertiary/aromatic N) is 1. The minimum absolute atomic E-state index is 0.104. The van der Waals surface area contributed by atoms with Crippen molar-refractivity contribution in [2.24, 2.45) is 0 Å². The third-order valence-corrected chi connectivity index (χ3v) is 5.51. The summed E-state index contributed by atoms with van der Waals surface area (Å²) in [6.45, 7) is 6.58. The summed E-state index contributed by atoms with van der Waals surface area (Å²) in [7, 11) is -3.47. The van der Waals surface area contributed by atoms with Crippen LogP contribution in [0.25, 0.3) is 0 Å². The molecule has 1 unspecified atom stereocenters. The molecular formula is C21H28N2O4S. The molecule has 0 bridgehead atoms. The van der Waals surface area contributed by atoms with Gasteiger partial charge in [-0.2, -0.15) is 0 Å². The van der Waals surface area contributed by atoms with E-state index in [2.05, 4.69) is 5.32 Å². The third kappa shape index (κ3) is 5.99. The van der Waals surface area contributed by atoms with Crippen LogP contribution in [0, 0.1) is 0 Å². The SMILES string of the molecule is CCOc1ccc(N(Cc2ccc(C(=O)NC(C)CC)cc2)S(C)(=O)=O)cc1. The average molecular weight is 405 g/mol. The molecule has 0 saturated carbocycles. The number of benzene rings is 2. The smallest absolute Gasteiger partial charge is 0.251 e. The first-order valence-corrected chi connectivity index (χ1v) is 11.2. The van der Waals surface area contributed by atoms with E-state index < -0.39 is 10.0 Å². The molecule has 0 aliphatic rings. The van der Waals surface area contributed by atoms with Gasteiger partial charge in [0.1, 0.15) is 5.75 Å². The van der Waals surface area contributed by atoms with Gasteiger partial charge in [0.15, 0.2) is 0 Å². The van der Waals surface area contributed by atoms with Crippen molar-refractivity contribution in [2.45, 2.75) is 39.8 Å². The molecule has 0 aromatic heterocycles. The van der Waals surface area contributed by atoms with Gasteiger partial charge in [0.25, 0.3) is 5.91 Å². The van der Waals surface area contributed by atoms with E-state index in [0.29, 0.717) is 23.6 Å². The van der Waals surface area contributed by atoms with Gasteiger partial charge < -0.3 is 10.1 Å². The highest BCUT2D eigenvalue weighted by molar-refractivity contribution is 7.92. The number of rotatable bonds is 9. The number of ether oxygens (including phenoxy) is 1. The van der Waals surface area contributed by atoms with Crippen molar-refractivity contribution < 1.29 is 17.9 Å². The molecule has 0 aliphatic heterocycles. The topological polar surface area (TPSA) is 75.7 Å². The number of hydrogen-bond acceptors (Lipinski definition) is 4. The zero-order chi connectivity index (χ0) is 20.7. The van der Waals surface area contributed by atoms with Crippen LogP contribution in [0.2, 0.25) is 0 Å². The monoisotopic (exact) mass is 404 g/mol. The summed E-state index contributed by atoms with van der Waals surface area (Å²) < 4.78 is 31.4. The summed E-state index contributed by atoms with van der Waals surface area (Å²) >= 11 is 0. The van der Waals surface area contributed by atoms with Gasteiger partial charge in [0.2, 0.25) is 10.0 Å². The number of carbonyl (C=O) groups excluding carboxylic acids is 1. The molecule has 28 heavy (non-hydrogen) atoms. The van der Waals surface area contributed by atoms with Crippen LogP contribution in [-0.4, -0.2) is 33.2 Å². The Kier molecular flexibility index (Phi) is 7.45. The standard InChI is InChI=1S/C21H28N2O4S/c1-5-16(3)22-21(24)18-9-7-17(8-10-18)15-23(28(4,25)26)19-11-13-20(14-12-19)27-6-2/h7-14,16H,5-6,15H2,1-4H3,(H,22,24). The first-order chi connectivity index (χ1) is 13.2. The van der Waals surface area contributed by atoms with Gasteiger partial charge in [-0.05, 0) is 62.2 Å². The van der Waals surface area contributed by atoms with Crippen LogP contribution in [0.5, 0.6) is 5.75 Å². The molecule has 0 saturated heterocycles. The lowest BCUT2D eigenvalue weighted by molar-refractivity contribution is 0.0939. The van der Waals surface area contributed by atoms with Gasteiger partial charge in [-0.1, -0.05) is 19.1 Å². The fourth-order valence-corrected chi connectivity index (χ4v) is 3.50. The minimum Gasteiger partial charge on any atom is -0.494 e. The molecule has 2 aromatic carbocycles. The van der Waals surface area contributed by atoms with Gasteiger partial charge in [0, 0.05) is 11.6 Å². The minimum atomic E-state index is -3.47. The molecule has 6 nitrogen and oxygen atoms in total. The number of hydrogen-bond donors (Lipinski definition) is 1. The van der Waals surface area contributed by atoms with Gasteiger partial charge in [-0.15, -0.1) is 0 Å². The fourth-order valence-electron chi connectivity index (χ4n) is 2.61. The highest BCUT2D eigenvalue weighted by Gasteiger charge is 2.18. The summed E-state index contributed by atoms with van der Waals surface area (Å²) in [5, 5.41) is 2.91. The Morgan fingerprint density at radius 3 is 2.18 bits per heavy atom. The second-order valence-corrected chi connectivity index (χ2v) is 8.58. The maximum absolute atomic E-state index is 12.3. The van der Waals surface area contributed by atoms with Gasteiger partial charge in [-0.3, -0.25) is 9.10 Å². The highest BCUT2D eigenvalue weighted by atomic mass is 32.2. The largest absolute Gasteiger partial charge is 0.494 e. The van der Waals surface area contributed by atoms with Crippen LogP contribution in [0.4, 0.5) is 5.69 Å². The predicted octanol–water partition coefficient (Wildman–Crippen LogP) is 3.58. The maximum atomic E-state index is 12.3. The van der Waals surface area contributed by atoms with Crippen molar-refractivity contribution in [1.82, 2.24) is 5.32 Å². The molecule has 0 fully saturated rings. The van der Waals surface area contributed by atoms with E-state index in [1.54, 1.807) is 48.5 Å². The maximum Gasteiger partial charge on any atom is 0.251 e. The quantitative estimate of drug-likeness (QED) is 0.693. The van der Waals surface area contributed by atoms with Crippen LogP contribution in [0.1, 0.15) is 43.1 Å². The zero-order valence-corrected chi connectivity index (χ0v) is 17.6. The Labute approximate surface area is 167 Å². The van der Waals surface area contributed by atoms with Crippen LogP contribution < -0.4 is 14.4 Å². The Hall–Kier alpha value is -2.54. The fraction of sp³-hybridized carbons (Fsp3) is 0.381. The van der Waals surface area contributed by atoms with Crippen molar-refractivity contribution in [2.75, 3.05) is 17.2 Å². The number of carbonyl (C=O) groups is 1. The van der Waals surface area contributed by atoms with E-state index in [0.717, 1.165) is 12.0 Å². The second-order valence-electron chi connectivity index (χ2n) is 6.68. The molecule has 1 amide bonds. The lowest BCUT2D eigenvalue weighted by Gasteiger charge is -2.23. The van der Waals surface area contributed by atoms with E-state index >= 15 is 0 Å². The highest BCUT2D eigenvalue weighted by Crippen LogP contribution is 2.24. The summed E-state index contributed by atoms with van der Waals surface area (Å²) in [5.74, 6) is 0.559. The van der Waals surface area contributed by atoms with Crippen molar-refractivity contribution in [3.63, 3.8) is 0 Å². The van der Waals surface area contributed by atoms with Crippen molar-refractivity contribution in [1.29, 1.82) is 0 Å². The first-order valence-electron chi connectivity index (χ1n) is 9.35. The third-order valence-electron chi connectivity index (χ3n) is 4.37. The van der Waals surface area contributed by atoms with Gasteiger partial charge in [-0.25, -0.2) is 8.42 Å². The Morgan fingerprint density at radius 2 is 1.68 bits per heavy atom. The summed E-state index contributed by atoms with van der Waals surface area (Å²) in [6, 6.07) is 14.0. The summed E-state index contributed by atoms with van der Waals surface area (Å²) in [6.07, 6.45) is 2.03. The van der Waals surface area contributed by atoms with Crippen LogP contribution in [-0.2, 0) is 16.6 Å². The van der Waals surface area contributed by atoms with E-state index in [1.807, 2.05) is 20.8 Å². The molecule has 0 aliphatic carbocycles. The Bertz CT molecular complexity index is 878. The zero-order valence-electron chi connectivity index (χ0n) is 16.8. The molecule has 152 valence electrons. The van der Waals surface area contributed by atoms with Crippen LogP contribution in [0.15, 0.2) is 48.5 Å². The molecule has 7 heteroatoms. The summed E-state index contributed by atoms with van der Waals surface area (Å²) in [4.78, 5) is 12.2. The number of nitrogens with one attached hydrogen (secondary N) is 1. The van der Waals surface area contributed by atoms with E-state index in [1.165, 1.54) is 10.6 Å². The van der Waals surface area contributed by atoms with Crippen LogP contribution in [0.3, 0.4) is 0 Å². The number of amides is 1. The molecular weight excluding hydrogens is 376 g/mol. The van der Waals surface area contributed by atoms with E-state index in [-0.39, 0.29) is 18.5 Å². The van der Waals surface area contributed by atoms with Gasteiger partial charge >= 0.3 is 0 Å². The normalized spacial score (nSPS) is 12.3. The van der Waals surface area contributed by atoms with Crippen LogP contribution >= 0.6 is 0 Å². The average Bonchev–Trinajstić information content (AvgIpc) is 2.66. The summed E-state index contributed by atoms with van der Waals surface area (Å²) in [5.41, 5.74) is 1.90. The predicted molar refractivity (Wildman–Crippen MR) is 112 cm³/mol. The Balaban J connectivity index is 2.18.